The average Bonchev–Trinajstić information content (AvgIpc) is 2.60. The van der Waals surface area contributed by atoms with E-state index in [0.717, 1.165) is 10.0 Å². The van der Waals surface area contributed by atoms with Crippen molar-refractivity contribution in [2.24, 2.45) is 0 Å². The molecule has 0 aromatic carbocycles. The van der Waals surface area contributed by atoms with Crippen molar-refractivity contribution in [1.82, 2.24) is 15.0 Å². The molecule has 2 N–H and O–H groups in total. The molecule has 0 bridgehead atoms. The predicted molar refractivity (Wildman–Crippen MR) is 67.2 cm³/mol. The topological polar surface area (TPSA) is 64.7 Å². The standard InChI is InChI=1S/C9H9ClN4S2/c1-4-3-15-9(12-4)16-7-6(11)5(2)13-8(10)14-7/h3H,11H2,1-2H3. The summed E-state index contributed by atoms with van der Waals surface area (Å²) in [5, 5.41) is 2.85. The number of halogens is 1. The van der Waals surface area contributed by atoms with E-state index >= 15 is 0 Å². The van der Waals surface area contributed by atoms with E-state index in [9.17, 15) is 0 Å². The van der Waals surface area contributed by atoms with Gasteiger partial charge in [-0.15, -0.1) is 11.3 Å². The van der Waals surface area contributed by atoms with Crippen molar-refractivity contribution in [3.8, 4) is 0 Å². The van der Waals surface area contributed by atoms with Crippen LogP contribution in [-0.2, 0) is 0 Å². The minimum absolute atomic E-state index is 0.211. The van der Waals surface area contributed by atoms with Gasteiger partial charge in [-0.25, -0.2) is 15.0 Å². The molecule has 0 fully saturated rings. The number of hydrogen-bond donors (Lipinski definition) is 1. The quantitative estimate of drug-likeness (QED) is 0.673. The Kier molecular flexibility index (Phi) is 3.32. The van der Waals surface area contributed by atoms with E-state index < -0.39 is 0 Å². The lowest BCUT2D eigenvalue weighted by Gasteiger charge is -2.04. The number of aromatic nitrogens is 3. The van der Waals surface area contributed by atoms with Crippen LogP contribution in [0.1, 0.15) is 11.4 Å². The number of hydrogen-bond acceptors (Lipinski definition) is 6. The largest absolute Gasteiger partial charge is 0.395 e. The van der Waals surface area contributed by atoms with Crippen LogP contribution in [0.3, 0.4) is 0 Å². The minimum Gasteiger partial charge on any atom is -0.395 e. The number of aryl methyl sites for hydroxylation is 2. The first kappa shape index (κ1) is 11.6. The van der Waals surface area contributed by atoms with Gasteiger partial charge < -0.3 is 5.73 Å². The molecule has 84 valence electrons. The van der Waals surface area contributed by atoms with Gasteiger partial charge in [-0.2, -0.15) is 0 Å². The molecule has 0 radical (unpaired) electrons. The van der Waals surface area contributed by atoms with Gasteiger partial charge in [0.1, 0.15) is 5.03 Å². The summed E-state index contributed by atoms with van der Waals surface area (Å²) in [6, 6.07) is 0. The third-order valence-electron chi connectivity index (χ3n) is 1.86. The molecule has 7 heteroatoms. The molecule has 2 aromatic rings. The highest BCUT2D eigenvalue weighted by atomic mass is 35.5. The summed E-state index contributed by atoms with van der Waals surface area (Å²) >= 11 is 8.75. The smallest absolute Gasteiger partial charge is 0.223 e. The highest BCUT2D eigenvalue weighted by molar-refractivity contribution is 8.01. The molecule has 0 amide bonds. The summed E-state index contributed by atoms with van der Waals surface area (Å²) in [4.78, 5) is 12.4. The molecule has 0 saturated heterocycles. The van der Waals surface area contributed by atoms with Crippen LogP contribution in [0.25, 0.3) is 0 Å². The Labute approximate surface area is 106 Å². The second-order valence-electron chi connectivity index (χ2n) is 3.15. The fraction of sp³-hybridized carbons (Fsp3) is 0.222. The van der Waals surface area contributed by atoms with Gasteiger partial charge in [-0.1, -0.05) is 0 Å². The van der Waals surface area contributed by atoms with Crippen molar-refractivity contribution in [3.05, 3.63) is 22.1 Å². The maximum Gasteiger partial charge on any atom is 0.223 e. The number of rotatable bonds is 2. The van der Waals surface area contributed by atoms with E-state index in [1.165, 1.54) is 11.8 Å². The zero-order chi connectivity index (χ0) is 11.7. The fourth-order valence-corrected chi connectivity index (χ4v) is 3.16. The van der Waals surface area contributed by atoms with Crippen LogP contribution in [-0.4, -0.2) is 15.0 Å². The summed E-state index contributed by atoms with van der Waals surface area (Å²) in [5.74, 6) is 0. The highest BCUT2D eigenvalue weighted by Crippen LogP contribution is 2.33. The molecule has 2 aromatic heterocycles. The molecule has 0 atom stereocenters. The molecular weight excluding hydrogens is 264 g/mol. The SMILES string of the molecule is Cc1csc(Sc2nc(Cl)nc(C)c2N)n1. The van der Waals surface area contributed by atoms with E-state index in [0.29, 0.717) is 16.4 Å². The minimum atomic E-state index is 0.211. The lowest BCUT2D eigenvalue weighted by atomic mass is 10.4. The van der Waals surface area contributed by atoms with Crippen molar-refractivity contribution in [1.29, 1.82) is 0 Å². The second-order valence-corrected chi connectivity index (χ2v) is 5.59. The Hall–Kier alpha value is -0.850. The third-order valence-corrected chi connectivity index (χ3v) is 4.09. The molecule has 4 nitrogen and oxygen atoms in total. The second kappa shape index (κ2) is 4.57. The summed E-state index contributed by atoms with van der Waals surface area (Å²) < 4.78 is 0.901. The molecule has 2 rings (SSSR count). The highest BCUT2D eigenvalue weighted by Gasteiger charge is 2.11. The van der Waals surface area contributed by atoms with Crippen LogP contribution < -0.4 is 5.73 Å². The number of thiazole rings is 1. The van der Waals surface area contributed by atoms with Gasteiger partial charge in [0.2, 0.25) is 5.28 Å². The first-order chi connectivity index (χ1) is 7.56. The van der Waals surface area contributed by atoms with Crippen LogP contribution in [0.2, 0.25) is 5.28 Å². The Morgan fingerprint density at radius 2 is 2.06 bits per heavy atom. The van der Waals surface area contributed by atoms with E-state index in [-0.39, 0.29) is 5.28 Å². The van der Waals surface area contributed by atoms with Crippen LogP contribution >= 0.6 is 34.7 Å². The summed E-state index contributed by atoms with van der Waals surface area (Å²) in [6.07, 6.45) is 0. The van der Waals surface area contributed by atoms with Crippen molar-refractivity contribution < 1.29 is 0 Å². The summed E-state index contributed by atoms with van der Waals surface area (Å²) in [7, 11) is 0. The van der Waals surface area contributed by atoms with Crippen molar-refractivity contribution in [3.63, 3.8) is 0 Å². The van der Waals surface area contributed by atoms with Crippen molar-refractivity contribution in [2.75, 3.05) is 5.73 Å². The monoisotopic (exact) mass is 272 g/mol. The Morgan fingerprint density at radius 1 is 1.31 bits per heavy atom. The van der Waals surface area contributed by atoms with Gasteiger partial charge in [0.15, 0.2) is 4.34 Å². The zero-order valence-electron chi connectivity index (χ0n) is 8.69. The van der Waals surface area contributed by atoms with Crippen LogP contribution in [0.4, 0.5) is 5.69 Å². The van der Waals surface area contributed by atoms with Gasteiger partial charge in [0.25, 0.3) is 0 Å². The first-order valence-electron chi connectivity index (χ1n) is 4.46. The normalized spacial score (nSPS) is 10.7. The molecular formula is C9H9ClN4S2. The molecule has 0 aliphatic rings. The first-order valence-corrected chi connectivity index (χ1v) is 6.53. The Balaban J connectivity index is 2.34. The lowest BCUT2D eigenvalue weighted by molar-refractivity contribution is 1.01. The van der Waals surface area contributed by atoms with E-state index in [2.05, 4.69) is 15.0 Å². The zero-order valence-corrected chi connectivity index (χ0v) is 11.1. The van der Waals surface area contributed by atoms with Gasteiger partial charge in [0.05, 0.1) is 11.4 Å². The van der Waals surface area contributed by atoms with E-state index in [4.69, 9.17) is 17.3 Å². The molecule has 0 aliphatic heterocycles. The van der Waals surface area contributed by atoms with Gasteiger partial charge in [0, 0.05) is 11.1 Å². The molecule has 0 spiro atoms. The Bertz CT molecular complexity index is 526. The third kappa shape index (κ3) is 2.45. The Morgan fingerprint density at radius 3 is 2.69 bits per heavy atom. The predicted octanol–water partition coefficient (Wildman–Crippen LogP) is 2.94. The molecule has 0 unspecified atom stereocenters. The average molecular weight is 273 g/mol. The number of anilines is 1. The molecule has 16 heavy (non-hydrogen) atoms. The molecule has 0 saturated carbocycles. The van der Waals surface area contributed by atoms with Crippen LogP contribution in [0.5, 0.6) is 0 Å². The van der Waals surface area contributed by atoms with Gasteiger partial charge in [-0.05, 0) is 37.2 Å². The molecule has 2 heterocycles. The van der Waals surface area contributed by atoms with Gasteiger partial charge >= 0.3 is 0 Å². The van der Waals surface area contributed by atoms with Crippen LogP contribution in [0.15, 0.2) is 14.7 Å². The number of nitrogen functional groups attached to an aromatic ring is 1. The van der Waals surface area contributed by atoms with E-state index in [1.54, 1.807) is 18.3 Å². The van der Waals surface area contributed by atoms with Crippen molar-refractivity contribution in [2.45, 2.75) is 23.2 Å². The summed E-state index contributed by atoms with van der Waals surface area (Å²) in [5.41, 5.74) is 8.12. The maximum absolute atomic E-state index is 5.88. The lowest BCUT2D eigenvalue weighted by Crippen LogP contribution is -1.99. The van der Waals surface area contributed by atoms with E-state index in [1.807, 2.05) is 12.3 Å². The van der Waals surface area contributed by atoms with Crippen LogP contribution in [0, 0.1) is 13.8 Å². The number of nitrogens with zero attached hydrogens (tertiary/aromatic N) is 3. The van der Waals surface area contributed by atoms with Gasteiger partial charge in [-0.3, -0.25) is 0 Å². The molecule has 0 aliphatic carbocycles. The summed E-state index contributed by atoms with van der Waals surface area (Å²) in [6.45, 7) is 3.75. The maximum atomic E-state index is 5.88. The number of nitrogens with two attached hydrogens (primary N) is 1. The van der Waals surface area contributed by atoms with Crippen molar-refractivity contribution >= 4 is 40.4 Å². The fourth-order valence-electron chi connectivity index (χ4n) is 1.06.